The summed E-state index contributed by atoms with van der Waals surface area (Å²) in [7, 11) is 0. The first kappa shape index (κ1) is 12.3. The Morgan fingerprint density at radius 2 is 1.44 bits per heavy atom. The van der Waals surface area contributed by atoms with Crippen molar-refractivity contribution >= 4 is 0 Å². The molecule has 0 aliphatic heterocycles. The number of alkyl halides is 3. The van der Waals surface area contributed by atoms with Gasteiger partial charge in [0.25, 0.3) is 0 Å². The van der Waals surface area contributed by atoms with E-state index >= 15 is 0 Å². The summed E-state index contributed by atoms with van der Waals surface area (Å²) in [5, 5.41) is 18.6. The number of hydrogen-bond donors (Lipinski definition) is 2. The van der Waals surface area contributed by atoms with E-state index in [1.807, 2.05) is 0 Å². The third kappa shape index (κ3) is 2.56. The maximum atomic E-state index is 12.6. The summed E-state index contributed by atoms with van der Waals surface area (Å²) in [6, 6.07) is 8.60. The molecule has 5 heteroatoms. The second-order valence-corrected chi connectivity index (χ2v) is 3.82. The minimum Gasteiger partial charge on any atom is -0.508 e. The average Bonchev–Trinajstić information content (AvgIpc) is 2.27. The molecule has 0 saturated heterocycles. The normalized spacial score (nSPS) is 11.5. The van der Waals surface area contributed by atoms with Crippen LogP contribution in [0.5, 0.6) is 11.5 Å². The van der Waals surface area contributed by atoms with Crippen molar-refractivity contribution in [3.05, 3.63) is 48.0 Å². The minimum atomic E-state index is -4.52. The van der Waals surface area contributed by atoms with E-state index in [1.165, 1.54) is 24.3 Å². The van der Waals surface area contributed by atoms with Crippen LogP contribution in [0.2, 0.25) is 0 Å². The van der Waals surface area contributed by atoms with Crippen LogP contribution in [0.25, 0.3) is 11.1 Å². The second-order valence-electron chi connectivity index (χ2n) is 3.82. The van der Waals surface area contributed by atoms with Gasteiger partial charge in [0.15, 0.2) is 0 Å². The van der Waals surface area contributed by atoms with Crippen molar-refractivity contribution in [3.8, 4) is 22.6 Å². The fraction of sp³-hybridized carbons (Fsp3) is 0.0769. The quantitative estimate of drug-likeness (QED) is 0.812. The molecule has 0 amide bonds. The Morgan fingerprint density at radius 3 is 2.06 bits per heavy atom. The average molecular weight is 254 g/mol. The van der Waals surface area contributed by atoms with Crippen LogP contribution in [-0.4, -0.2) is 10.2 Å². The van der Waals surface area contributed by atoms with E-state index in [1.54, 1.807) is 6.07 Å². The van der Waals surface area contributed by atoms with Gasteiger partial charge >= 0.3 is 6.18 Å². The Hall–Kier alpha value is -2.17. The summed E-state index contributed by atoms with van der Waals surface area (Å²) in [6.07, 6.45) is -4.52. The molecule has 0 aliphatic rings. The second kappa shape index (κ2) is 4.25. The van der Waals surface area contributed by atoms with Gasteiger partial charge in [-0.2, -0.15) is 13.2 Å². The molecule has 0 radical (unpaired) electrons. The van der Waals surface area contributed by atoms with Crippen LogP contribution in [0.4, 0.5) is 13.2 Å². The third-order valence-corrected chi connectivity index (χ3v) is 2.42. The smallest absolute Gasteiger partial charge is 0.416 e. The van der Waals surface area contributed by atoms with Crippen LogP contribution in [0, 0.1) is 0 Å². The predicted molar refractivity (Wildman–Crippen MR) is 60.2 cm³/mol. The van der Waals surface area contributed by atoms with Crippen LogP contribution in [0.15, 0.2) is 42.5 Å². The Kier molecular flexibility index (Phi) is 2.90. The summed E-state index contributed by atoms with van der Waals surface area (Å²) in [5.74, 6) is -0.521. The molecule has 0 aliphatic carbocycles. The zero-order chi connectivity index (χ0) is 13.3. The standard InChI is InChI=1S/C13H9F3O2/c14-13(15,16)10-4-9(6-12(18)7-10)8-2-1-3-11(17)5-8/h1-7,17-18H. The molecule has 0 spiro atoms. The van der Waals surface area contributed by atoms with Gasteiger partial charge in [0, 0.05) is 0 Å². The van der Waals surface area contributed by atoms with E-state index in [4.69, 9.17) is 0 Å². The summed E-state index contributed by atoms with van der Waals surface area (Å²) in [6.45, 7) is 0. The molecule has 0 aromatic heterocycles. The first-order valence-electron chi connectivity index (χ1n) is 5.07. The van der Waals surface area contributed by atoms with Crippen LogP contribution in [-0.2, 0) is 6.18 Å². The number of halogens is 3. The van der Waals surface area contributed by atoms with Crippen molar-refractivity contribution in [1.29, 1.82) is 0 Å². The number of aromatic hydroxyl groups is 2. The van der Waals surface area contributed by atoms with Crippen molar-refractivity contribution < 1.29 is 23.4 Å². The highest BCUT2D eigenvalue weighted by atomic mass is 19.4. The first-order valence-corrected chi connectivity index (χ1v) is 5.07. The van der Waals surface area contributed by atoms with Crippen molar-refractivity contribution in [1.82, 2.24) is 0 Å². The fourth-order valence-electron chi connectivity index (χ4n) is 1.63. The molecule has 0 unspecified atom stereocenters. The molecule has 2 aromatic carbocycles. The lowest BCUT2D eigenvalue weighted by Crippen LogP contribution is -2.04. The molecule has 2 rings (SSSR count). The van der Waals surface area contributed by atoms with Crippen molar-refractivity contribution in [2.24, 2.45) is 0 Å². The number of hydrogen-bond acceptors (Lipinski definition) is 2. The third-order valence-electron chi connectivity index (χ3n) is 2.42. The number of rotatable bonds is 1. The minimum absolute atomic E-state index is 0.0515. The molecule has 0 atom stereocenters. The highest BCUT2D eigenvalue weighted by Gasteiger charge is 2.31. The highest BCUT2D eigenvalue weighted by molar-refractivity contribution is 5.67. The van der Waals surface area contributed by atoms with Gasteiger partial charge < -0.3 is 10.2 Å². The molecule has 2 N–H and O–H groups in total. The molecule has 94 valence electrons. The number of phenols is 2. The lowest BCUT2D eigenvalue weighted by atomic mass is 10.0. The molecular formula is C13H9F3O2. The number of phenolic OH excluding ortho intramolecular Hbond substituents is 2. The molecule has 0 saturated carbocycles. The van der Waals surface area contributed by atoms with Gasteiger partial charge in [0.05, 0.1) is 5.56 Å². The van der Waals surface area contributed by atoms with E-state index in [9.17, 15) is 23.4 Å². The van der Waals surface area contributed by atoms with Gasteiger partial charge in [-0.3, -0.25) is 0 Å². The Balaban J connectivity index is 2.55. The molecule has 2 nitrogen and oxygen atoms in total. The van der Waals surface area contributed by atoms with Crippen LogP contribution < -0.4 is 0 Å². The van der Waals surface area contributed by atoms with Crippen LogP contribution in [0.1, 0.15) is 5.56 Å². The van der Waals surface area contributed by atoms with E-state index in [-0.39, 0.29) is 11.3 Å². The van der Waals surface area contributed by atoms with Crippen molar-refractivity contribution in [2.45, 2.75) is 6.18 Å². The summed E-state index contributed by atoms with van der Waals surface area (Å²) in [4.78, 5) is 0. The zero-order valence-corrected chi connectivity index (χ0v) is 9.07. The van der Waals surface area contributed by atoms with Gasteiger partial charge in [-0.15, -0.1) is 0 Å². The zero-order valence-electron chi connectivity index (χ0n) is 9.07. The Labute approximate surface area is 101 Å². The fourth-order valence-corrected chi connectivity index (χ4v) is 1.63. The molecule has 0 fully saturated rings. The van der Waals surface area contributed by atoms with Crippen LogP contribution >= 0.6 is 0 Å². The van der Waals surface area contributed by atoms with Gasteiger partial charge in [0.2, 0.25) is 0 Å². The molecule has 2 aromatic rings. The monoisotopic (exact) mass is 254 g/mol. The Bertz CT molecular complexity index is 577. The van der Waals surface area contributed by atoms with E-state index in [2.05, 4.69) is 0 Å². The highest BCUT2D eigenvalue weighted by Crippen LogP contribution is 2.35. The van der Waals surface area contributed by atoms with E-state index in [0.29, 0.717) is 11.6 Å². The summed E-state index contributed by atoms with van der Waals surface area (Å²) < 4.78 is 37.7. The largest absolute Gasteiger partial charge is 0.508 e. The van der Waals surface area contributed by atoms with Gasteiger partial charge in [-0.05, 0) is 41.5 Å². The van der Waals surface area contributed by atoms with Gasteiger partial charge in [-0.1, -0.05) is 12.1 Å². The number of benzene rings is 2. The SMILES string of the molecule is Oc1cccc(-c2cc(O)cc(C(F)(F)F)c2)c1. The van der Waals surface area contributed by atoms with Crippen molar-refractivity contribution in [3.63, 3.8) is 0 Å². The van der Waals surface area contributed by atoms with Gasteiger partial charge in [-0.25, -0.2) is 0 Å². The lowest BCUT2D eigenvalue weighted by Gasteiger charge is -2.10. The van der Waals surface area contributed by atoms with Crippen LogP contribution in [0.3, 0.4) is 0 Å². The molecule has 0 heterocycles. The Morgan fingerprint density at radius 1 is 0.778 bits per heavy atom. The lowest BCUT2D eigenvalue weighted by molar-refractivity contribution is -0.137. The molecule has 0 bridgehead atoms. The topological polar surface area (TPSA) is 40.5 Å². The first-order chi connectivity index (χ1) is 8.36. The predicted octanol–water partition coefficient (Wildman–Crippen LogP) is 3.78. The molecular weight excluding hydrogens is 245 g/mol. The summed E-state index contributed by atoms with van der Waals surface area (Å²) in [5.41, 5.74) is -0.338. The maximum Gasteiger partial charge on any atom is 0.416 e. The molecule has 18 heavy (non-hydrogen) atoms. The van der Waals surface area contributed by atoms with E-state index in [0.717, 1.165) is 6.07 Å². The van der Waals surface area contributed by atoms with E-state index < -0.39 is 17.5 Å². The van der Waals surface area contributed by atoms with Crippen molar-refractivity contribution in [2.75, 3.05) is 0 Å². The summed E-state index contributed by atoms with van der Waals surface area (Å²) >= 11 is 0. The van der Waals surface area contributed by atoms with Gasteiger partial charge in [0.1, 0.15) is 11.5 Å². The maximum absolute atomic E-state index is 12.6.